The highest BCUT2D eigenvalue weighted by Crippen LogP contribution is 2.22. The highest BCUT2D eigenvalue weighted by atomic mass is 35.5. The number of halogens is 1. The molecule has 1 aliphatic carbocycles. The molecule has 6 heteroatoms. The van der Waals surface area contributed by atoms with Crippen molar-refractivity contribution in [3.8, 4) is 0 Å². The summed E-state index contributed by atoms with van der Waals surface area (Å²) >= 11 is 10.9. The predicted molar refractivity (Wildman–Crippen MR) is 81.6 cm³/mol. The summed E-state index contributed by atoms with van der Waals surface area (Å²) in [6.07, 6.45) is 2.13. The maximum atomic E-state index is 11.9. The molecule has 1 atom stereocenters. The Morgan fingerprint density at radius 1 is 1.53 bits per heavy atom. The third kappa shape index (κ3) is 3.81. The lowest BCUT2D eigenvalue weighted by Crippen LogP contribution is -2.39. The summed E-state index contributed by atoms with van der Waals surface area (Å²) in [6.45, 7) is 1.79. The summed E-state index contributed by atoms with van der Waals surface area (Å²) in [5.41, 5.74) is 7.02. The fraction of sp³-hybridized carbons (Fsp3) is 0.385. The zero-order valence-electron chi connectivity index (χ0n) is 10.6. The molecule has 19 heavy (non-hydrogen) atoms. The smallest absolute Gasteiger partial charge is 0.242 e. The van der Waals surface area contributed by atoms with E-state index < -0.39 is 0 Å². The first kappa shape index (κ1) is 14.1. The molecule has 1 fully saturated rings. The van der Waals surface area contributed by atoms with Gasteiger partial charge >= 0.3 is 0 Å². The molecule has 0 aromatic heterocycles. The SMILES string of the molecule is CC(Nc1cc(Cl)ccc1C(N)=S)C(=O)NC1CC1. The number of benzene rings is 1. The summed E-state index contributed by atoms with van der Waals surface area (Å²) in [4.78, 5) is 12.2. The number of carbonyl (C=O) groups excluding carboxylic acids is 1. The van der Waals surface area contributed by atoms with Crippen molar-refractivity contribution >= 4 is 40.4 Å². The van der Waals surface area contributed by atoms with E-state index >= 15 is 0 Å². The fourth-order valence-electron chi connectivity index (χ4n) is 1.70. The van der Waals surface area contributed by atoms with Crippen LogP contribution < -0.4 is 16.4 Å². The van der Waals surface area contributed by atoms with E-state index in [4.69, 9.17) is 29.6 Å². The van der Waals surface area contributed by atoms with Gasteiger partial charge < -0.3 is 16.4 Å². The topological polar surface area (TPSA) is 67.1 Å². The standard InChI is InChI=1S/C13H16ClN3OS/c1-7(13(18)17-9-3-4-9)16-11-6-8(14)2-5-10(11)12(15)19/h2,5-7,9,16H,3-4H2,1H3,(H2,15,19)(H,17,18). The molecule has 4 N–H and O–H groups in total. The van der Waals surface area contributed by atoms with Crippen molar-refractivity contribution < 1.29 is 4.79 Å². The average Bonchev–Trinajstić information content (AvgIpc) is 3.12. The Morgan fingerprint density at radius 3 is 2.79 bits per heavy atom. The van der Waals surface area contributed by atoms with Crippen molar-refractivity contribution in [3.05, 3.63) is 28.8 Å². The molecule has 0 heterocycles. The summed E-state index contributed by atoms with van der Waals surface area (Å²) in [5, 5.41) is 6.61. The van der Waals surface area contributed by atoms with Crippen LogP contribution in [0, 0.1) is 0 Å². The van der Waals surface area contributed by atoms with Crippen LogP contribution in [0.2, 0.25) is 5.02 Å². The number of anilines is 1. The Hall–Kier alpha value is -1.33. The molecular weight excluding hydrogens is 282 g/mol. The quantitative estimate of drug-likeness (QED) is 0.728. The van der Waals surface area contributed by atoms with Gasteiger partial charge in [0.1, 0.15) is 11.0 Å². The largest absolute Gasteiger partial charge is 0.389 e. The van der Waals surface area contributed by atoms with Crippen LogP contribution in [0.4, 0.5) is 5.69 Å². The van der Waals surface area contributed by atoms with E-state index in [9.17, 15) is 4.79 Å². The van der Waals surface area contributed by atoms with E-state index in [2.05, 4.69) is 10.6 Å². The number of carbonyl (C=O) groups is 1. The number of rotatable bonds is 5. The minimum atomic E-state index is -0.368. The molecule has 102 valence electrons. The van der Waals surface area contributed by atoms with Crippen molar-refractivity contribution in [1.29, 1.82) is 0 Å². The van der Waals surface area contributed by atoms with Gasteiger partial charge in [-0.1, -0.05) is 23.8 Å². The number of hydrogen-bond donors (Lipinski definition) is 3. The number of nitrogens with two attached hydrogens (primary N) is 1. The van der Waals surface area contributed by atoms with E-state index in [0.29, 0.717) is 22.3 Å². The molecule has 0 spiro atoms. The van der Waals surface area contributed by atoms with E-state index in [0.717, 1.165) is 12.8 Å². The van der Waals surface area contributed by atoms with Gasteiger partial charge in [0, 0.05) is 22.3 Å². The molecule has 1 aromatic rings. The summed E-state index contributed by atoms with van der Waals surface area (Å²) in [6, 6.07) is 5.16. The molecule has 1 aromatic carbocycles. The normalized spacial score (nSPS) is 15.7. The van der Waals surface area contributed by atoms with Gasteiger partial charge in [-0.2, -0.15) is 0 Å². The van der Waals surface area contributed by atoms with Crippen LogP contribution in [-0.2, 0) is 4.79 Å². The van der Waals surface area contributed by atoms with Crippen molar-refractivity contribution in [2.45, 2.75) is 31.8 Å². The lowest BCUT2D eigenvalue weighted by Gasteiger charge is -2.17. The highest BCUT2D eigenvalue weighted by molar-refractivity contribution is 7.80. The van der Waals surface area contributed by atoms with Crippen LogP contribution in [0.5, 0.6) is 0 Å². The van der Waals surface area contributed by atoms with Crippen molar-refractivity contribution in [2.24, 2.45) is 5.73 Å². The molecule has 1 unspecified atom stereocenters. The van der Waals surface area contributed by atoms with Crippen LogP contribution in [0.15, 0.2) is 18.2 Å². The Bertz CT molecular complexity index is 517. The van der Waals surface area contributed by atoms with Crippen LogP contribution in [0.3, 0.4) is 0 Å². The van der Waals surface area contributed by atoms with Crippen LogP contribution >= 0.6 is 23.8 Å². The zero-order valence-corrected chi connectivity index (χ0v) is 12.1. The van der Waals surface area contributed by atoms with Gasteiger partial charge in [0.2, 0.25) is 5.91 Å². The minimum Gasteiger partial charge on any atom is -0.389 e. The first-order chi connectivity index (χ1) is 8.97. The Labute approximate surface area is 122 Å². The van der Waals surface area contributed by atoms with Crippen LogP contribution in [0.1, 0.15) is 25.3 Å². The van der Waals surface area contributed by atoms with E-state index in [1.54, 1.807) is 25.1 Å². The van der Waals surface area contributed by atoms with Gasteiger partial charge in [0.05, 0.1) is 0 Å². The summed E-state index contributed by atoms with van der Waals surface area (Å²) in [7, 11) is 0. The summed E-state index contributed by atoms with van der Waals surface area (Å²) in [5.74, 6) is -0.0311. The third-order valence-corrected chi connectivity index (χ3v) is 3.39. The second-order valence-electron chi connectivity index (χ2n) is 4.70. The number of nitrogens with one attached hydrogen (secondary N) is 2. The van der Waals surface area contributed by atoms with Crippen molar-refractivity contribution in [3.63, 3.8) is 0 Å². The highest BCUT2D eigenvalue weighted by Gasteiger charge is 2.25. The van der Waals surface area contributed by atoms with Crippen LogP contribution in [0.25, 0.3) is 0 Å². The molecule has 0 bridgehead atoms. The second kappa shape index (κ2) is 5.75. The number of thiocarbonyl (C=S) groups is 1. The van der Waals surface area contributed by atoms with E-state index in [1.807, 2.05) is 0 Å². The maximum absolute atomic E-state index is 11.9. The van der Waals surface area contributed by atoms with Crippen LogP contribution in [-0.4, -0.2) is 23.0 Å². The third-order valence-electron chi connectivity index (χ3n) is 2.94. The minimum absolute atomic E-state index is 0.0311. The van der Waals surface area contributed by atoms with E-state index in [1.165, 1.54) is 0 Å². The van der Waals surface area contributed by atoms with Crippen molar-refractivity contribution in [1.82, 2.24) is 5.32 Å². The van der Waals surface area contributed by atoms with Gasteiger partial charge in [0.25, 0.3) is 0 Å². The Morgan fingerprint density at radius 2 is 2.21 bits per heavy atom. The molecule has 0 saturated heterocycles. The molecule has 4 nitrogen and oxygen atoms in total. The summed E-state index contributed by atoms with van der Waals surface area (Å²) < 4.78 is 0. The first-order valence-electron chi connectivity index (χ1n) is 6.13. The average molecular weight is 298 g/mol. The Balaban J connectivity index is 2.10. The number of hydrogen-bond acceptors (Lipinski definition) is 3. The lowest BCUT2D eigenvalue weighted by atomic mass is 10.1. The van der Waals surface area contributed by atoms with Crippen molar-refractivity contribution in [2.75, 3.05) is 5.32 Å². The number of amides is 1. The predicted octanol–water partition coefficient (Wildman–Crippen LogP) is 2.05. The van der Waals surface area contributed by atoms with Gasteiger partial charge in [0.15, 0.2) is 0 Å². The monoisotopic (exact) mass is 297 g/mol. The molecule has 0 radical (unpaired) electrons. The maximum Gasteiger partial charge on any atom is 0.242 e. The molecule has 1 saturated carbocycles. The molecular formula is C13H16ClN3OS. The Kier molecular flexibility index (Phi) is 4.27. The van der Waals surface area contributed by atoms with Gasteiger partial charge in [-0.25, -0.2) is 0 Å². The zero-order chi connectivity index (χ0) is 14.0. The van der Waals surface area contributed by atoms with Gasteiger partial charge in [-0.05, 0) is 38.0 Å². The second-order valence-corrected chi connectivity index (χ2v) is 5.58. The first-order valence-corrected chi connectivity index (χ1v) is 6.92. The molecule has 1 amide bonds. The molecule has 1 aliphatic rings. The van der Waals surface area contributed by atoms with Gasteiger partial charge in [-0.15, -0.1) is 0 Å². The molecule has 0 aliphatic heterocycles. The fourth-order valence-corrected chi connectivity index (χ4v) is 2.05. The molecule has 2 rings (SSSR count). The van der Waals surface area contributed by atoms with E-state index in [-0.39, 0.29) is 16.9 Å². The van der Waals surface area contributed by atoms with Gasteiger partial charge in [-0.3, -0.25) is 4.79 Å². The lowest BCUT2D eigenvalue weighted by molar-refractivity contribution is -0.121.